The van der Waals surface area contributed by atoms with Crippen LogP contribution in [0.4, 0.5) is 0 Å². The van der Waals surface area contributed by atoms with Crippen molar-refractivity contribution in [2.45, 2.75) is 59.3 Å². The highest BCUT2D eigenvalue weighted by atomic mass is 14.3. The molecule has 0 amide bonds. The van der Waals surface area contributed by atoms with Crippen LogP contribution in [0, 0.1) is 12.3 Å². The SMILES string of the molecule is [CH2]CCC(CC)(CC)CCC. The molecule has 0 aromatic heterocycles. The molecule has 0 aliphatic carbocycles. The van der Waals surface area contributed by atoms with Crippen LogP contribution >= 0.6 is 0 Å². The Hall–Kier alpha value is 0. The maximum Gasteiger partial charge on any atom is -0.0303 e. The Morgan fingerprint density at radius 3 is 1.82 bits per heavy atom. The Kier molecular flexibility index (Phi) is 5.62. The van der Waals surface area contributed by atoms with Crippen molar-refractivity contribution < 1.29 is 0 Å². The van der Waals surface area contributed by atoms with Crippen molar-refractivity contribution in [3.8, 4) is 0 Å². The first-order valence-electron chi connectivity index (χ1n) is 5.04. The molecule has 0 atom stereocenters. The molecule has 0 fully saturated rings. The van der Waals surface area contributed by atoms with Crippen LogP contribution in [0.15, 0.2) is 0 Å². The molecule has 0 bridgehead atoms. The van der Waals surface area contributed by atoms with Crippen LogP contribution in [-0.2, 0) is 0 Å². The van der Waals surface area contributed by atoms with Gasteiger partial charge in [-0.05, 0) is 18.3 Å². The summed E-state index contributed by atoms with van der Waals surface area (Å²) >= 11 is 0. The zero-order valence-electron chi connectivity index (χ0n) is 8.45. The molecule has 0 nitrogen and oxygen atoms in total. The van der Waals surface area contributed by atoms with Gasteiger partial charge in [0.05, 0.1) is 0 Å². The predicted octanol–water partition coefficient (Wildman–Crippen LogP) is 4.21. The van der Waals surface area contributed by atoms with Crippen LogP contribution in [0.25, 0.3) is 0 Å². The molecular formula is C11H23. The van der Waals surface area contributed by atoms with Gasteiger partial charge in [0.25, 0.3) is 0 Å². The van der Waals surface area contributed by atoms with E-state index < -0.39 is 0 Å². The largest absolute Gasteiger partial charge is 0.0654 e. The second-order valence-corrected chi connectivity index (χ2v) is 3.56. The van der Waals surface area contributed by atoms with Gasteiger partial charge in [-0.1, -0.05) is 53.4 Å². The van der Waals surface area contributed by atoms with Crippen molar-refractivity contribution in [1.29, 1.82) is 0 Å². The van der Waals surface area contributed by atoms with Crippen molar-refractivity contribution >= 4 is 0 Å². The van der Waals surface area contributed by atoms with E-state index in [-0.39, 0.29) is 0 Å². The van der Waals surface area contributed by atoms with E-state index in [1.165, 1.54) is 32.1 Å². The average molecular weight is 155 g/mol. The summed E-state index contributed by atoms with van der Waals surface area (Å²) in [6, 6.07) is 0. The maximum absolute atomic E-state index is 3.95. The normalized spacial score (nSPS) is 12.0. The van der Waals surface area contributed by atoms with Gasteiger partial charge in [-0.3, -0.25) is 0 Å². The lowest BCUT2D eigenvalue weighted by Crippen LogP contribution is -2.17. The smallest absolute Gasteiger partial charge is 0.0303 e. The van der Waals surface area contributed by atoms with E-state index in [4.69, 9.17) is 0 Å². The summed E-state index contributed by atoms with van der Waals surface area (Å²) in [4.78, 5) is 0. The van der Waals surface area contributed by atoms with Crippen molar-refractivity contribution in [3.63, 3.8) is 0 Å². The van der Waals surface area contributed by atoms with Gasteiger partial charge in [0, 0.05) is 0 Å². The molecule has 0 unspecified atom stereocenters. The molecule has 0 saturated heterocycles. The van der Waals surface area contributed by atoms with Gasteiger partial charge in [0.1, 0.15) is 0 Å². The Balaban J connectivity index is 3.96. The van der Waals surface area contributed by atoms with Gasteiger partial charge in [0.2, 0.25) is 0 Å². The summed E-state index contributed by atoms with van der Waals surface area (Å²) < 4.78 is 0. The van der Waals surface area contributed by atoms with Gasteiger partial charge in [0.15, 0.2) is 0 Å². The maximum atomic E-state index is 3.95. The van der Waals surface area contributed by atoms with E-state index in [9.17, 15) is 0 Å². The monoisotopic (exact) mass is 155 g/mol. The lowest BCUT2D eigenvalue weighted by molar-refractivity contribution is 0.217. The zero-order chi connectivity index (χ0) is 8.74. The standard InChI is InChI=1S/C11H23/c1-5-9-11(7-3,8-4)10-6-2/h1,5-10H2,2-4H3. The molecule has 0 saturated carbocycles. The molecule has 0 aliphatic heterocycles. The van der Waals surface area contributed by atoms with Gasteiger partial charge >= 0.3 is 0 Å². The van der Waals surface area contributed by atoms with E-state index >= 15 is 0 Å². The summed E-state index contributed by atoms with van der Waals surface area (Å²) in [5, 5.41) is 0. The highest BCUT2D eigenvalue weighted by molar-refractivity contribution is 4.76. The van der Waals surface area contributed by atoms with Crippen LogP contribution in [0.1, 0.15) is 59.3 Å². The predicted molar refractivity (Wildman–Crippen MR) is 52.5 cm³/mol. The minimum Gasteiger partial charge on any atom is -0.0654 e. The first-order valence-corrected chi connectivity index (χ1v) is 5.04. The number of rotatable bonds is 6. The van der Waals surface area contributed by atoms with Crippen LogP contribution < -0.4 is 0 Å². The molecule has 1 radical (unpaired) electrons. The number of hydrogen-bond donors (Lipinski definition) is 0. The Labute approximate surface area is 72.4 Å². The first-order chi connectivity index (χ1) is 5.24. The number of hydrogen-bond acceptors (Lipinski definition) is 0. The molecule has 67 valence electrons. The minimum atomic E-state index is 0.622. The van der Waals surface area contributed by atoms with Crippen LogP contribution in [-0.4, -0.2) is 0 Å². The van der Waals surface area contributed by atoms with Crippen molar-refractivity contribution in [2.24, 2.45) is 5.41 Å². The fourth-order valence-electron chi connectivity index (χ4n) is 1.99. The second kappa shape index (κ2) is 5.62. The Morgan fingerprint density at radius 2 is 1.55 bits per heavy atom. The van der Waals surface area contributed by atoms with Gasteiger partial charge < -0.3 is 0 Å². The van der Waals surface area contributed by atoms with E-state index in [2.05, 4.69) is 27.7 Å². The Morgan fingerprint density at radius 1 is 1.00 bits per heavy atom. The lowest BCUT2D eigenvalue weighted by Gasteiger charge is -2.31. The van der Waals surface area contributed by atoms with E-state index in [0.717, 1.165) is 6.42 Å². The summed E-state index contributed by atoms with van der Waals surface area (Å²) in [7, 11) is 0. The van der Waals surface area contributed by atoms with Crippen molar-refractivity contribution in [3.05, 3.63) is 6.92 Å². The fraction of sp³-hybridized carbons (Fsp3) is 0.909. The van der Waals surface area contributed by atoms with E-state index in [1.807, 2.05) is 0 Å². The third kappa shape index (κ3) is 3.27. The molecule has 0 spiro atoms. The molecule has 0 N–H and O–H groups in total. The molecule has 0 heterocycles. The topological polar surface area (TPSA) is 0 Å². The lowest BCUT2D eigenvalue weighted by atomic mass is 9.75. The molecular weight excluding hydrogens is 132 g/mol. The molecule has 0 heteroatoms. The fourth-order valence-corrected chi connectivity index (χ4v) is 1.99. The quantitative estimate of drug-likeness (QED) is 0.539. The summed E-state index contributed by atoms with van der Waals surface area (Å²) in [6.45, 7) is 10.9. The van der Waals surface area contributed by atoms with Crippen LogP contribution in [0.2, 0.25) is 0 Å². The summed E-state index contributed by atoms with van der Waals surface area (Å²) in [6.07, 6.45) is 7.77. The zero-order valence-corrected chi connectivity index (χ0v) is 8.45. The average Bonchev–Trinajstić information content (AvgIpc) is 2.04. The van der Waals surface area contributed by atoms with E-state index in [1.54, 1.807) is 0 Å². The van der Waals surface area contributed by atoms with Gasteiger partial charge in [-0.2, -0.15) is 0 Å². The van der Waals surface area contributed by atoms with E-state index in [0.29, 0.717) is 5.41 Å². The third-order valence-electron chi connectivity index (χ3n) is 2.99. The highest BCUT2D eigenvalue weighted by Gasteiger charge is 2.23. The van der Waals surface area contributed by atoms with Crippen LogP contribution in [0.5, 0.6) is 0 Å². The van der Waals surface area contributed by atoms with Crippen molar-refractivity contribution in [2.75, 3.05) is 0 Å². The summed E-state index contributed by atoms with van der Waals surface area (Å²) in [5.74, 6) is 0. The molecule has 0 aliphatic rings. The van der Waals surface area contributed by atoms with Crippen LogP contribution in [0.3, 0.4) is 0 Å². The molecule has 11 heavy (non-hydrogen) atoms. The Bertz CT molecular complexity index is 72.0. The third-order valence-corrected chi connectivity index (χ3v) is 2.99. The van der Waals surface area contributed by atoms with Gasteiger partial charge in [-0.15, -0.1) is 0 Å². The second-order valence-electron chi connectivity index (χ2n) is 3.56. The first kappa shape index (κ1) is 11.0. The summed E-state index contributed by atoms with van der Waals surface area (Å²) in [5.41, 5.74) is 0.622. The molecule has 0 aromatic carbocycles. The van der Waals surface area contributed by atoms with Gasteiger partial charge in [-0.25, -0.2) is 0 Å². The highest BCUT2D eigenvalue weighted by Crippen LogP contribution is 2.36. The minimum absolute atomic E-state index is 0.622. The molecule has 0 rings (SSSR count). The molecule has 0 aromatic rings. The van der Waals surface area contributed by atoms with Crippen molar-refractivity contribution in [1.82, 2.24) is 0 Å².